The van der Waals surface area contributed by atoms with E-state index in [0.29, 0.717) is 16.7 Å². The van der Waals surface area contributed by atoms with Crippen LogP contribution < -0.4 is 5.32 Å². The maximum atomic E-state index is 12.0. The molecule has 0 unspecified atom stereocenters. The molecule has 0 radical (unpaired) electrons. The second kappa shape index (κ2) is 5.04. The molecule has 1 amide bonds. The van der Waals surface area contributed by atoms with Crippen LogP contribution in [-0.2, 0) is 4.74 Å². The Kier molecular flexibility index (Phi) is 3.07. The SMILES string of the molecule is COC(=O)c1cc(C(=O)Nc2ccc3n[nH]nc3c2)on1. The topological polar surface area (TPSA) is 123 Å². The molecule has 0 fully saturated rings. The number of H-pyrrole nitrogens is 1. The molecule has 9 heteroatoms. The van der Waals surface area contributed by atoms with E-state index >= 15 is 0 Å². The highest BCUT2D eigenvalue weighted by atomic mass is 16.5. The largest absolute Gasteiger partial charge is 0.464 e. The summed E-state index contributed by atoms with van der Waals surface area (Å²) in [7, 11) is 1.21. The summed E-state index contributed by atoms with van der Waals surface area (Å²) < 4.78 is 9.27. The minimum atomic E-state index is -0.679. The summed E-state index contributed by atoms with van der Waals surface area (Å²) in [5.74, 6) is -1.32. The van der Waals surface area contributed by atoms with Gasteiger partial charge in [0.1, 0.15) is 11.0 Å². The van der Waals surface area contributed by atoms with Gasteiger partial charge in [0.25, 0.3) is 5.91 Å². The van der Waals surface area contributed by atoms with Crippen molar-refractivity contribution in [2.75, 3.05) is 12.4 Å². The van der Waals surface area contributed by atoms with Crippen LogP contribution in [0.25, 0.3) is 11.0 Å². The van der Waals surface area contributed by atoms with Crippen molar-refractivity contribution < 1.29 is 18.8 Å². The third kappa shape index (κ3) is 2.43. The van der Waals surface area contributed by atoms with Gasteiger partial charge >= 0.3 is 5.97 Å². The highest BCUT2D eigenvalue weighted by molar-refractivity contribution is 6.04. The average molecular weight is 287 g/mol. The number of aromatic amines is 1. The number of amides is 1. The summed E-state index contributed by atoms with van der Waals surface area (Å²) in [4.78, 5) is 23.2. The summed E-state index contributed by atoms with van der Waals surface area (Å²) >= 11 is 0. The molecule has 0 spiro atoms. The molecular weight excluding hydrogens is 278 g/mol. The molecule has 1 aromatic carbocycles. The Bertz CT molecular complexity index is 822. The summed E-state index contributed by atoms with van der Waals surface area (Å²) in [6.45, 7) is 0. The first-order valence-corrected chi connectivity index (χ1v) is 5.84. The number of carbonyl (C=O) groups excluding carboxylic acids is 2. The number of methoxy groups -OCH3 is 1. The van der Waals surface area contributed by atoms with Gasteiger partial charge in [-0.1, -0.05) is 5.16 Å². The Morgan fingerprint density at radius 3 is 2.86 bits per heavy atom. The monoisotopic (exact) mass is 287 g/mol. The number of nitrogens with zero attached hydrogens (tertiary/aromatic N) is 3. The number of fused-ring (bicyclic) bond motifs is 1. The first kappa shape index (κ1) is 12.8. The number of esters is 1. The molecule has 0 aliphatic rings. The summed E-state index contributed by atoms with van der Waals surface area (Å²) in [5.41, 5.74) is 1.73. The van der Waals surface area contributed by atoms with Gasteiger partial charge in [-0.25, -0.2) is 4.79 Å². The molecule has 9 nitrogen and oxygen atoms in total. The maximum absolute atomic E-state index is 12.0. The van der Waals surface area contributed by atoms with E-state index in [1.165, 1.54) is 13.2 Å². The highest BCUT2D eigenvalue weighted by Gasteiger charge is 2.18. The third-order valence-corrected chi connectivity index (χ3v) is 2.70. The van der Waals surface area contributed by atoms with Crippen molar-refractivity contribution in [1.82, 2.24) is 20.6 Å². The van der Waals surface area contributed by atoms with Gasteiger partial charge in [-0.2, -0.15) is 15.4 Å². The fraction of sp³-hybridized carbons (Fsp3) is 0.0833. The Morgan fingerprint density at radius 1 is 1.24 bits per heavy atom. The fourth-order valence-corrected chi connectivity index (χ4v) is 1.69. The Labute approximate surface area is 117 Å². The number of aromatic nitrogens is 4. The van der Waals surface area contributed by atoms with Crippen LogP contribution in [0.5, 0.6) is 0 Å². The van der Waals surface area contributed by atoms with Gasteiger partial charge in [0.2, 0.25) is 5.76 Å². The van der Waals surface area contributed by atoms with Crippen LogP contribution in [0.3, 0.4) is 0 Å². The lowest BCUT2D eigenvalue weighted by atomic mass is 10.2. The van der Waals surface area contributed by atoms with Crippen LogP contribution in [0.1, 0.15) is 21.0 Å². The number of nitrogens with one attached hydrogen (secondary N) is 2. The van der Waals surface area contributed by atoms with Gasteiger partial charge in [0.05, 0.1) is 7.11 Å². The van der Waals surface area contributed by atoms with Crippen LogP contribution in [0.15, 0.2) is 28.8 Å². The number of ether oxygens (including phenoxy) is 1. The first-order chi connectivity index (χ1) is 10.2. The lowest BCUT2D eigenvalue weighted by Gasteiger charge is -2.01. The minimum Gasteiger partial charge on any atom is -0.464 e. The Balaban J connectivity index is 1.79. The summed E-state index contributed by atoms with van der Waals surface area (Å²) in [6.07, 6.45) is 0. The molecule has 21 heavy (non-hydrogen) atoms. The van der Waals surface area contributed by atoms with Crippen molar-refractivity contribution in [3.63, 3.8) is 0 Å². The van der Waals surface area contributed by atoms with E-state index in [-0.39, 0.29) is 11.5 Å². The molecule has 0 saturated carbocycles. The molecule has 0 aliphatic carbocycles. The van der Waals surface area contributed by atoms with Crippen LogP contribution in [0.4, 0.5) is 5.69 Å². The van der Waals surface area contributed by atoms with Gasteiger partial charge in [0.15, 0.2) is 5.69 Å². The molecule has 0 bridgehead atoms. The molecule has 2 heterocycles. The zero-order chi connectivity index (χ0) is 14.8. The first-order valence-electron chi connectivity index (χ1n) is 5.84. The number of benzene rings is 1. The van der Waals surface area contributed by atoms with Gasteiger partial charge in [-0.3, -0.25) is 4.79 Å². The molecule has 106 valence electrons. The van der Waals surface area contributed by atoms with E-state index in [4.69, 9.17) is 4.52 Å². The van der Waals surface area contributed by atoms with Crippen LogP contribution in [-0.4, -0.2) is 39.6 Å². The number of anilines is 1. The van der Waals surface area contributed by atoms with E-state index in [2.05, 4.69) is 30.6 Å². The molecule has 2 N–H and O–H groups in total. The number of hydrogen-bond acceptors (Lipinski definition) is 7. The van der Waals surface area contributed by atoms with Crippen molar-refractivity contribution in [2.24, 2.45) is 0 Å². The zero-order valence-electron chi connectivity index (χ0n) is 10.8. The van der Waals surface area contributed by atoms with Gasteiger partial charge in [-0.05, 0) is 18.2 Å². The van der Waals surface area contributed by atoms with Crippen molar-refractivity contribution in [3.05, 3.63) is 35.7 Å². The number of rotatable bonds is 3. The smallest absolute Gasteiger partial charge is 0.360 e. The normalized spacial score (nSPS) is 10.5. The van der Waals surface area contributed by atoms with Crippen LogP contribution in [0, 0.1) is 0 Å². The number of carbonyl (C=O) groups is 2. The molecule has 0 aliphatic heterocycles. The molecule has 2 aromatic heterocycles. The number of hydrogen-bond donors (Lipinski definition) is 2. The predicted molar refractivity (Wildman–Crippen MR) is 69.7 cm³/mol. The van der Waals surface area contributed by atoms with E-state index in [0.717, 1.165) is 0 Å². The van der Waals surface area contributed by atoms with Gasteiger partial charge in [0, 0.05) is 11.8 Å². The third-order valence-electron chi connectivity index (χ3n) is 2.70. The van der Waals surface area contributed by atoms with Crippen LogP contribution >= 0.6 is 0 Å². The van der Waals surface area contributed by atoms with Crippen molar-refractivity contribution in [3.8, 4) is 0 Å². The average Bonchev–Trinajstić information content (AvgIpc) is 3.14. The van der Waals surface area contributed by atoms with E-state index < -0.39 is 11.9 Å². The van der Waals surface area contributed by atoms with Crippen molar-refractivity contribution in [1.29, 1.82) is 0 Å². The van der Waals surface area contributed by atoms with E-state index in [1.807, 2.05) is 0 Å². The Morgan fingerprint density at radius 2 is 2.05 bits per heavy atom. The fourth-order valence-electron chi connectivity index (χ4n) is 1.69. The lowest BCUT2D eigenvalue weighted by Crippen LogP contribution is -2.11. The van der Waals surface area contributed by atoms with Crippen molar-refractivity contribution in [2.45, 2.75) is 0 Å². The molecular formula is C12H9N5O4. The maximum Gasteiger partial charge on any atom is 0.360 e. The molecule has 3 rings (SSSR count). The van der Waals surface area contributed by atoms with E-state index in [9.17, 15) is 9.59 Å². The Hall–Kier alpha value is -3.23. The second-order valence-electron chi connectivity index (χ2n) is 4.05. The molecule has 0 atom stereocenters. The highest BCUT2D eigenvalue weighted by Crippen LogP contribution is 2.16. The van der Waals surface area contributed by atoms with E-state index in [1.54, 1.807) is 18.2 Å². The lowest BCUT2D eigenvalue weighted by molar-refractivity contribution is 0.0588. The van der Waals surface area contributed by atoms with Crippen molar-refractivity contribution >= 4 is 28.6 Å². The predicted octanol–water partition coefficient (Wildman–Crippen LogP) is 0.985. The van der Waals surface area contributed by atoms with Crippen LogP contribution in [0.2, 0.25) is 0 Å². The molecule has 0 saturated heterocycles. The summed E-state index contributed by atoms with van der Waals surface area (Å²) in [5, 5.41) is 16.4. The quantitative estimate of drug-likeness (QED) is 0.688. The molecule has 3 aromatic rings. The second-order valence-corrected chi connectivity index (χ2v) is 4.05. The minimum absolute atomic E-state index is 0.0744. The van der Waals surface area contributed by atoms with Gasteiger partial charge < -0.3 is 14.6 Å². The zero-order valence-corrected chi connectivity index (χ0v) is 10.8. The standard InChI is InChI=1S/C12H9N5O4/c1-20-12(19)9-5-10(21-16-9)11(18)13-6-2-3-7-8(4-6)15-17-14-7/h2-5H,1H3,(H,13,18)(H,14,15,17). The van der Waals surface area contributed by atoms with Gasteiger partial charge in [-0.15, -0.1) is 0 Å². The summed E-state index contributed by atoms with van der Waals surface area (Å²) in [6, 6.07) is 6.22.